The highest BCUT2D eigenvalue weighted by atomic mass is 79.9. The van der Waals surface area contributed by atoms with E-state index in [1.807, 2.05) is 0 Å². The van der Waals surface area contributed by atoms with E-state index in [9.17, 15) is 4.79 Å². The fourth-order valence-electron chi connectivity index (χ4n) is 2.10. The summed E-state index contributed by atoms with van der Waals surface area (Å²) in [5, 5.41) is 0. The van der Waals surface area contributed by atoms with Crippen molar-refractivity contribution >= 4 is 21.8 Å². The van der Waals surface area contributed by atoms with Gasteiger partial charge in [-0.05, 0) is 53.0 Å². The highest BCUT2D eigenvalue weighted by molar-refractivity contribution is 9.10. The van der Waals surface area contributed by atoms with Crippen molar-refractivity contribution < 1.29 is 4.79 Å². The molecule has 3 nitrogen and oxygen atoms in total. The first-order chi connectivity index (χ1) is 9.49. The molecular formula is C16H17BrN2O. The molecule has 0 atom stereocenters. The number of aryl methyl sites for hydroxylation is 2. The van der Waals surface area contributed by atoms with Gasteiger partial charge in [0.15, 0.2) is 0 Å². The van der Waals surface area contributed by atoms with E-state index in [-0.39, 0.29) is 5.91 Å². The minimum atomic E-state index is -0.0371. The molecular weight excluding hydrogens is 316 g/mol. The van der Waals surface area contributed by atoms with Gasteiger partial charge in [-0.15, -0.1) is 0 Å². The molecule has 0 spiro atoms. The van der Waals surface area contributed by atoms with E-state index >= 15 is 0 Å². The minimum Gasteiger partial charge on any atom is -0.337 e. The number of hydrogen-bond acceptors (Lipinski definition) is 2. The molecule has 1 aromatic carbocycles. The van der Waals surface area contributed by atoms with Crippen molar-refractivity contribution in [2.75, 3.05) is 7.05 Å². The van der Waals surface area contributed by atoms with Crippen LogP contribution < -0.4 is 0 Å². The molecule has 0 N–H and O–H groups in total. The molecule has 0 unspecified atom stereocenters. The maximum atomic E-state index is 12.4. The molecule has 1 amide bonds. The molecule has 104 valence electrons. The molecule has 0 aliphatic heterocycles. The van der Waals surface area contributed by atoms with Crippen molar-refractivity contribution in [3.63, 3.8) is 0 Å². The number of rotatable bonds is 3. The molecule has 1 heterocycles. The Hall–Kier alpha value is -1.68. The van der Waals surface area contributed by atoms with Crippen LogP contribution in [0.15, 0.2) is 41.1 Å². The number of aromatic nitrogens is 1. The second kappa shape index (κ2) is 6.18. The summed E-state index contributed by atoms with van der Waals surface area (Å²) in [5.41, 5.74) is 4.18. The van der Waals surface area contributed by atoms with Gasteiger partial charge in [-0.1, -0.05) is 23.8 Å². The molecule has 4 heteroatoms. The zero-order valence-electron chi connectivity index (χ0n) is 11.9. The number of pyridine rings is 1. The zero-order chi connectivity index (χ0) is 14.7. The number of carbonyl (C=O) groups is 1. The third-order valence-corrected chi connectivity index (χ3v) is 3.87. The lowest BCUT2D eigenvalue weighted by atomic mass is 10.1. The van der Waals surface area contributed by atoms with E-state index in [2.05, 4.69) is 53.0 Å². The monoisotopic (exact) mass is 332 g/mol. The Labute approximate surface area is 127 Å². The summed E-state index contributed by atoms with van der Waals surface area (Å²) in [5.74, 6) is -0.0371. The largest absolute Gasteiger partial charge is 0.337 e. The lowest BCUT2D eigenvalue weighted by Gasteiger charge is -2.19. The lowest BCUT2D eigenvalue weighted by Crippen LogP contribution is -2.27. The number of hydrogen-bond donors (Lipinski definition) is 0. The molecule has 0 fully saturated rings. The minimum absolute atomic E-state index is 0.0371. The van der Waals surface area contributed by atoms with Gasteiger partial charge >= 0.3 is 0 Å². The standard InChI is InChI=1S/C16H17BrN2O/c1-11-6-7-13(12(2)9-11)10-19(3)16(20)14-5-4-8-18-15(14)17/h4-9H,10H2,1-3H3. The normalized spacial score (nSPS) is 10.4. The quantitative estimate of drug-likeness (QED) is 0.802. The third kappa shape index (κ3) is 3.25. The van der Waals surface area contributed by atoms with Crippen LogP contribution in [-0.4, -0.2) is 22.8 Å². The van der Waals surface area contributed by atoms with Gasteiger partial charge in [0.25, 0.3) is 5.91 Å². The average molecular weight is 333 g/mol. The smallest absolute Gasteiger partial charge is 0.256 e. The zero-order valence-corrected chi connectivity index (χ0v) is 13.4. The van der Waals surface area contributed by atoms with Gasteiger partial charge in [0.1, 0.15) is 4.60 Å². The maximum absolute atomic E-state index is 12.4. The first-order valence-corrected chi connectivity index (χ1v) is 7.20. The van der Waals surface area contributed by atoms with Crippen LogP contribution in [0.3, 0.4) is 0 Å². The summed E-state index contributed by atoms with van der Waals surface area (Å²) in [6, 6.07) is 9.82. The Morgan fingerprint density at radius 3 is 2.70 bits per heavy atom. The number of nitrogens with zero attached hydrogens (tertiary/aromatic N) is 2. The predicted molar refractivity (Wildman–Crippen MR) is 83.7 cm³/mol. The average Bonchev–Trinajstić information content (AvgIpc) is 2.41. The number of halogens is 1. The molecule has 0 bridgehead atoms. The van der Waals surface area contributed by atoms with Crippen LogP contribution in [-0.2, 0) is 6.54 Å². The third-order valence-electron chi connectivity index (χ3n) is 3.24. The van der Waals surface area contributed by atoms with Gasteiger partial charge in [-0.2, -0.15) is 0 Å². The SMILES string of the molecule is Cc1ccc(CN(C)C(=O)c2cccnc2Br)c(C)c1. The van der Waals surface area contributed by atoms with E-state index in [1.54, 1.807) is 30.3 Å². The van der Waals surface area contributed by atoms with Crippen molar-refractivity contribution in [3.8, 4) is 0 Å². The Morgan fingerprint density at radius 2 is 2.05 bits per heavy atom. The van der Waals surface area contributed by atoms with Crippen LogP contribution in [0.2, 0.25) is 0 Å². The summed E-state index contributed by atoms with van der Waals surface area (Å²) < 4.78 is 0.581. The predicted octanol–water partition coefficient (Wildman–Crippen LogP) is 3.73. The van der Waals surface area contributed by atoms with Crippen LogP contribution in [0.25, 0.3) is 0 Å². The summed E-state index contributed by atoms with van der Waals surface area (Å²) in [4.78, 5) is 18.2. The molecule has 0 saturated heterocycles. The molecule has 0 radical (unpaired) electrons. The first kappa shape index (κ1) is 14.7. The van der Waals surface area contributed by atoms with E-state index in [1.165, 1.54) is 11.1 Å². The van der Waals surface area contributed by atoms with E-state index in [0.717, 1.165) is 5.56 Å². The second-order valence-electron chi connectivity index (χ2n) is 4.93. The van der Waals surface area contributed by atoms with Gasteiger partial charge < -0.3 is 4.90 Å². The molecule has 1 aromatic heterocycles. The van der Waals surface area contributed by atoms with Gasteiger partial charge in [0.05, 0.1) is 5.56 Å². The molecule has 2 rings (SSSR count). The fourth-order valence-corrected chi connectivity index (χ4v) is 2.52. The van der Waals surface area contributed by atoms with Crippen LogP contribution in [0.4, 0.5) is 0 Å². The molecule has 20 heavy (non-hydrogen) atoms. The fraction of sp³-hybridized carbons (Fsp3) is 0.250. The molecule has 0 aliphatic carbocycles. The summed E-state index contributed by atoms with van der Waals surface area (Å²) in [6.07, 6.45) is 1.66. The number of amides is 1. The molecule has 0 saturated carbocycles. The second-order valence-corrected chi connectivity index (χ2v) is 5.68. The van der Waals surface area contributed by atoms with Gasteiger partial charge in [-0.25, -0.2) is 4.98 Å². The number of carbonyl (C=O) groups excluding carboxylic acids is 1. The Kier molecular flexibility index (Phi) is 4.55. The van der Waals surface area contributed by atoms with E-state index in [4.69, 9.17) is 0 Å². The van der Waals surface area contributed by atoms with Crippen molar-refractivity contribution in [2.24, 2.45) is 0 Å². The van der Waals surface area contributed by atoms with Crippen LogP contribution in [0.1, 0.15) is 27.0 Å². The van der Waals surface area contributed by atoms with Crippen molar-refractivity contribution in [1.29, 1.82) is 0 Å². The van der Waals surface area contributed by atoms with E-state index < -0.39 is 0 Å². The highest BCUT2D eigenvalue weighted by Gasteiger charge is 2.16. The summed E-state index contributed by atoms with van der Waals surface area (Å²) in [6.45, 7) is 4.73. The molecule has 0 aliphatic rings. The highest BCUT2D eigenvalue weighted by Crippen LogP contribution is 2.17. The van der Waals surface area contributed by atoms with Gasteiger partial charge in [-0.3, -0.25) is 4.79 Å². The van der Waals surface area contributed by atoms with Crippen molar-refractivity contribution in [2.45, 2.75) is 20.4 Å². The number of benzene rings is 1. The topological polar surface area (TPSA) is 33.2 Å². The van der Waals surface area contributed by atoms with Crippen LogP contribution >= 0.6 is 15.9 Å². The Bertz CT molecular complexity index is 640. The Morgan fingerprint density at radius 1 is 1.30 bits per heavy atom. The van der Waals surface area contributed by atoms with Crippen LogP contribution in [0, 0.1) is 13.8 Å². The van der Waals surface area contributed by atoms with Crippen molar-refractivity contribution in [1.82, 2.24) is 9.88 Å². The van der Waals surface area contributed by atoms with E-state index in [0.29, 0.717) is 16.7 Å². The van der Waals surface area contributed by atoms with Gasteiger partial charge in [0, 0.05) is 19.8 Å². The first-order valence-electron chi connectivity index (χ1n) is 6.41. The summed E-state index contributed by atoms with van der Waals surface area (Å²) >= 11 is 3.32. The summed E-state index contributed by atoms with van der Waals surface area (Å²) in [7, 11) is 1.81. The molecule has 2 aromatic rings. The van der Waals surface area contributed by atoms with Crippen molar-refractivity contribution in [3.05, 3.63) is 63.4 Å². The maximum Gasteiger partial charge on any atom is 0.256 e. The lowest BCUT2D eigenvalue weighted by molar-refractivity contribution is 0.0783. The Balaban J connectivity index is 2.18. The van der Waals surface area contributed by atoms with Gasteiger partial charge in [0.2, 0.25) is 0 Å². The van der Waals surface area contributed by atoms with Crippen LogP contribution in [0.5, 0.6) is 0 Å².